The minimum absolute atomic E-state index is 0.0583. The molecular weight excluding hydrogens is 367 g/mol. The summed E-state index contributed by atoms with van der Waals surface area (Å²) < 4.78 is 18.8. The number of aryl methyl sites for hydroxylation is 2. The molecule has 2 aromatic carbocycles. The Bertz CT molecular complexity index is 875. The maximum Gasteiger partial charge on any atom is 0.341 e. The molecule has 2 rings (SSSR count). The molecule has 0 aliphatic rings. The van der Waals surface area contributed by atoms with Gasteiger partial charge < -0.3 is 20.5 Å². The van der Waals surface area contributed by atoms with Crippen LogP contribution in [0.2, 0.25) is 0 Å². The van der Waals surface area contributed by atoms with Crippen LogP contribution in [0.5, 0.6) is 5.75 Å². The van der Waals surface area contributed by atoms with Crippen molar-refractivity contribution in [2.75, 3.05) is 19.7 Å². The molecule has 0 fully saturated rings. The van der Waals surface area contributed by atoms with Gasteiger partial charge in [0.25, 0.3) is 11.8 Å². The smallest absolute Gasteiger partial charge is 0.341 e. The summed E-state index contributed by atoms with van der Waals surface area (Å²) in [5, 5.41) is 13.9. The average Bonchev–Trinajstić information content (AvgIpc) is 2.64. The largest absolute Gasteiger partial charge is 0.481 e. The second-order valence-corrected chi connectivity index (χ2v) is 6.11. The third-order valence-electron chi connectivity index (χ3n) is 3.88. The van der Waals surface area contributed by atoms with E-state index in [4.69, 9.17) is 9.84 Å². The van der Waals surface area contributed by atoms with Crippen LogP contribution in [0.3, 0.4) is 0 Å². The van der Waals surface area contributed by atoms with Crippen LogP contribution >= 0.6 is 0 Å². The molecule has 0 heterocycles. The Hall–Kier alpha value is -3.42. The van der Waals surface area contributed by atoms with Gasteiger partial charge in [0, 0.05) is 18.7 Å². The van der Waals surface area contributed by atoms with Crippen LogP contribution in [0.4, 0.5) is 4.39 Å². The standard InChI is InChI=1S/C20H21FN2O5/c1-12-9-14(10-13(2)18(12)28-11-17(24)25)19(26)22-7-8-23-20(27)15-5-3-4-6-16(15)21/h3-6,9-10H,7-8,11H2,1-2H3,(H,22,26)(H,23,27)(H,24,25). The van der Waals surface area contributed by atoms with Crippen molar-refractivity contribution in [3.05, 3.63) is 64.5 Å². The molecule has 0 aliphatic carbocycles. The molecule has 0 spiro atoms. The van der Waals surface area contributed by atoms with Gasteiger partial charge in [-0.15, -0.1) is 0 Å². The zero-order chi connectivity index (χ0) is 20.7. The number of carboxylic acid groups (broad SMARTS) is 1. The lowest BCUT2D eigenvalue weighted by molar-refractivity contribution is -0.139. The van der Waals surface area contributed by atoms with Gasteiger partial charge in [-0.25, -0.2) is 9.18 Å². The zero-order valence-electron chi connectivity index (χ0n) is 15.5. The van der Waals surface area contributed by atoms with Gasteiger partial charge >= 0.3 is 5.97 Å². The van der Waals surface area contributed by atoms with Crippen LogP contribution in [0.25, 0.3) is 0 Å². The van der Waals surface area contributed by atoms with E-state index in [0.717, 1.165) is 0 Å². The quantitative estimate of drug-likeness (QED) is 0.601. The van der Waals surface area contributed by atoms with Gasteiger partial charge in [0.05, 0.1) is 5.56 Å². The van der Waals surface area contributed by atoms with Crippen molar-refractivity contribution in [1.82, 2.24) is 10.6 Å². The van der Waals surface area contributed by atoms with Crippen LogP contribution in [-0.2, 0) is 4.79 Å². The van der Waals surface area contributed by atoms with E-state index >= 15 is 0 Å². The number of carbonyl (C=O) groups is 3. The SMILES string of the molecule is Cc1cc(C(=O)NCCNC(=O)c2ccccc2F)cc(C)c1OCC(=O)O. The normalized spacial score (nSPS) is 10.2. The van der Waals surface area contributed by atoms with Gasteiger partial charge in [-0.05, 0) is 49.2 Å². The Labute approximate surface area is 161 Å². The minimum Gasteiger partial charge on any atom is -0.481 e. The molecular formula is C20H21FN2O5. The van der Waals surface area contributed by atoms with E-state index in [0.29, 0.717) is 22.4 Å². The molecule has 2 aromatic rings. The van der Waals surface area contributed by atoms with Crippen molar-refractivity contribution < 1.29 is 28.6 Å². The number of ether oxygens (including phenoxy) is 1. The fourth-order valence-corrected chi connectivity index (χ4v) is 2.64. The molecule has 0 saturated heterocycles. The second-order valence-electron chi connectivity index (χ2n) is 6.11. The maximum absolute atomic E-state index is 13.5. The minimum atomic E-state index is -1.09. The lowest BCUT2D eigenvalue weighted by Crippen LogP contribution is -2.35. The number of aliphatic carboxylic acids is 1. The van der Waals surface area contributed by atoms with Crippen LogP contribution < -0.4 is 15.4 Å². The van der Waals surface area contributed by atoms with Crippen molar-refractivity contribution in [1.29, 1.82) is 0 Å². The predicted molar refractivity (Wildman–Crippen MR) is 100 cm³/mol. The van der Waals surface area contributed by atoms with Gasteiger partial charge in [-0.3, -0.25) is 9.59 Å². The van der Waals surface area contributed by atoms with Gasteiger partial charge in [-0.1, -0.05) is 12.1 Å². The van der Waals surface area contributed by atoms with E-state index < -0.39 is 24.3 Å². The Kier molecular flexibility index (Phi) is 7.08. The highest BCUT2D eigenvalue weighted by Gasteiger charge is 2.13. The van der Waals surface area contributed by atoms with Crippen LogP contribution in [0, 0.1) is 19.7 Å². The highest BCUT2D eigenvalue weighted by Crippen LogP contribution is 2.24. The molecule has 28 heavy (non-hydrogen) atoms. The monoisotopic (exact) mass is 388 g/mol. The van der Waals surface area contributed by atoms with E-state index in [-0.39, 0.29) is 24.6 Å². The third kappa shape index (κ3) is 5.54. The van der Waals surface area contributed by atoms with Crippen LogP contribution in [0.1, 0.15) is 31.8 Å². The van der Waals surface area contributed by atoms with E-state index in [1.165, 1.54) is 18.2 Å². The molecule has 7 nitrogen and oxygen atoms in total. The number of hydrogen-bond acceptors (Lipinski definition) is 4. The summed E-state index contributed by atoms with van der Waals surface area (Å²) in [6.45, 7) is 3.27. The molecule has 148 valence electrons. The number of nitrogens with one attached hydrogen (secondary N) is 2. The average molecular weight is 388 g/mol. The number of hydrogen-bond donors (Lipinski definition) is 3. The number of carbonyl (C=O) groups excluding carboxylic acids is 2. The summed E-state index contributed by atoms with van der Waals surface area (Å²) in [5.74, 6) is -2.18. The Balaban J connectivity index is 1.88. The van der Waals surface area contributed by atoms with Crippen LogP contribution in [0.15, 0.2) is 36.4 Å². The first kappa shape index (κ1) is 20.9. The van der Waals surface area contributed by atoms with E-state index in [1.807, 2.05) is 0 Å². The molecule has 0 unspecified atom stereocenters. The van der Waals surface area contributed by atoms with Crippen molar-refractivity contribution in [3.8, 4) is 5.75 Å². The van der Waals surface area contributed by atoms with Gasteiger partial charge in [-0.2, -0.15) is 0 Å². The van der Waals surface area contributed by atoms with Crippen molar-refractivity contribution in [2.45, 2.75) is 13.8 Å². The summed E-state index contributed by atoms with van der Waals surface area (Å²) in [4.78, 5) is 34.8. The lowest BCUT2D eigenvalue weighted by atomic mass is 10.1. The van der Waals surface area contributed by atoms with Crippen molar-refractivity contribution in [2.24, 2.45) is 0 Å². The first-order valence-corrected chi connectivity index (χ1v) is 8.56. The summed E-state index contributed by atoms with van der Waals surface area (Å²) in [7, 11) is 0. The fourth-order valence-electron chi connectivity index (χ4n) is 2.64. The van der Waals surface area contributed by atoms with Gasteiger partial charge in [0.2, 0.25) is 0 Å². The lowest BCUT2D eigenvalue weighted by Gasteiger charge is -2.13. The van der Waals surface area contributed by atoms with E-state index in [9.17, 15) is 18.8 Å². The summed E-state index contributed by atoms with van der Waals surface area (Å²) in [6.07, 6.45) is 0. The van der Waals surface area contributed by atoms with Gasteiger partial charge in [0.15, 0.2) is 6.61 Å². The Morgan fingerprint density at radius 3 is 2.14 bits per heavy atom. The molecule has 8 heteroatoms. The molecule has 0 aromatic heterocycles. The van der Waals surface area contributed by atoms with Gasteiger partial charge in [0.1, 0.15) is 11.6 Å². The van der Waals surface area contributed by atoms with Crippen molar-refractivity contribution >= 4 is 17.8 Å². The Morgan fingerprint density at radius 2 is 1.57 bits per heavy atom. The molecule has 0 saturated carbocycles. The molecule has 0 aliphatic heterocycles. The highest BCUT2D eigenvalue weighted by atomic mass is 19.1. The number of carboxylic acids is 1. The summed E-state index contributed by atoms with van der Waals surface area (Å²) in [5.41, 5.74) is 1.61. The highest BCUT2D eigenvalue weighted by molar-refractivity contribution is 5.95. The molecule has 0 atom stereocenters. The number of benzene rings is 2. The summed E-state index contributed by atoms with van der Waals surface area (Å²) >= 11 is 0. The topological polar surface area (TPSA) is 105 Å². The molecule has 2 amide bonds. The molecule has 3 N–H and O–H groups in total. The summed E-state index contributed by atoms with van der Waals surface area (Å²) in [6, 6.07) is 8.82. The van der Waals surface area contributed by atoms with E-state index in [2.05, 4.69) is 10.6 Å². The molecule has 0 radical (unpaired) electrons. The first-order valence-electron chi connectivity index (χ1n) is 8.56. The third-order valence-corrected chi connectivity index (χ3v) is 3.88. The fraction of sp³-hybridized carbons (Fsp3) is 0.250. The van der Waals surface area contributed by atoms with E-state index in [1.54, 1.807) is 32.0 Å². The Morgan fingerprint density at radius 1 is 1.00 bits per heavy atom. The molecule has 0 bridgehead atoms. The number of rotatable bonds is 8. The second kappa shape index (κ2) is 9.50. The predicted octanol–water partition coefficient (Wildman–Crippen LogP) is 2.07. The zero-order valence-corrected chi connectivity index (χ0v) is 15.5. The first-order chi connectivity index (χ1) is 13.3. The number of halogens is 1. The van der Waals surface area contributed by atoms with Crippen molar-refractivity contribution in [3.63, 3.8) is 0 Å². The van der Waals surface area contributed by atoms with Crippen LogP contribution in [-0.4, -0.2) is 42.6 Å². The number of amides is 2. The maximum atomic E-state index is 13.5.